The third kappa shape index (κ3) is 2.47. The zero-order valence-corrected chi connectivity index (χ0v) is 14.1. The summed E-state index contributed by atoms with van der Waals surface area (Å²) in [4.78, 5) is 27.3. The van der Waals surface area contributed by atoms with E-state index in [0.717, 1.165) is 32.3 Å². The van der Waals surface area contributed by atoms with E-state index in [4.69, 9.17) is 14.2 Å². The summed E-state index contributed by atoms with van der Waals surface area (Å²) in [6, 6.07) is 0. The molecule has 0 aliphatic carbocycles. The van der Waals surface area contributed by atoms with Crippen LogP contribution in [0.15, 0.2) is 12.2 Å². The second-order valence-corrected chi connectivity index (χ2v) is 7.27. The molecule has 1 spiro atoms. The molecule has 132 valence electrons. The molecule has 1 amide bonds. The van der Waals surface area contributed by atoms with Crippen LogP contribution in [0.2, 0.25) is 0 Å². The van der Waals surface area contributed by atoms with E-state index in [1.807, 2.05) is 17.1 Å². The Labute approximate surface area is 142 Å². The van der Waals surface area contributed by atoms with Gasteiger partial charge in [0.05, 0.1) is 31.3 Å². The van der Waals surface area contributed by atoms with Crippen molar-refractivity contribution in [3.05, 3.63) is 12.2 Å². The molecule has 6 nitrogen and oxygen atoms in total. The number of nitrogens with zero attached hydrogens (tertiary/aromatic N) is 1. The zero-order chi connectivity index (χ0) is 16.7. The van der Waals surface area contributed by atoms with E-state index in [2.05, 4.69) is 6.92 Å². The van der Waals surface area contributed by atoms with E-state index in [9.17, 15) is 9.59 Å². The number of amides is 1. The number of esters is 1. The number of rotatable bonds is 6. The van der Waals surface area contributed by atoms with Gasteiger partial charge in [0.1, 0.15) is 11.5 Å². The molecule has 4 aliphatic rings. The minimum atomic E-state index is -0.644. The highest BCUT2D eigenvalue weighted by molar-refractivity contribution is 5.91. The lowest BCUT2D eigenvalue weighted by molar-refractivity contribution is -0.154. The average Bonchev–Trinajstić information content (AvgIpc) is 3.31. The topological polar surface area (TPSA) is 65.1 Å². The quantitative estimate of drug-likeness (QED) is 0.416. The highest BCUT2D eigenvalue weighted by Crippen LogP contribution is 2.52. The van der Waals surface area contributed by atoms with Crippen LogP contribution in [0, 0.1) is 11.8 Å². The van der Waals surface area contributed by atoms with Crippen molar-refractivity contribution in [3.8, 4) is 0 Å². The second-order valence-electron chi connectivity index (χ2n) is 7.27. The minimum Gasteiger partial charge on any atom is -0.465 e. The van der Waals surface area contributed by atoms with Crippen LogP contribution >= 0.6 is 0 Å². The van der Waals surface area contributed by atoms with Crippen LogP contribution in [0.3, 0.4) is 0 Å². The number of hydrogen-bond donors (Lipinski definition) is 0. The minimum absolute atomic E-state index is 0.00907. The number of carbonyl (C=O) groups is 2. The summed E-state index contributed by atoms with van der Waals surface area (Å²) in [5, 5.41) is 0. The van der Waals surface area contributed by atoms with Crippen molar-refractivity contribution in [3.63, 3.8) is 0 Å². The second kappa shape index (κ2) is 6.15. The van der Waals surface area contributed by atoms with Gasteiger partial charge in [0.2, 0.25) is 5.91 Å². The zero-order valence-electron chi connectivity index (χ0n) is 14.1. The Morgan fingerprint density at radius 2 is 2.38 bits per heavy atom. The van der Waals surface area contributed by atoms with Crippen LogP contribution in [0.4, 0.5) is 0 Å². The molecule has 0 aromatic rings. The van der Waals surface area contributed by atoms with Gasteiger partial charge in [-0.3, -0.25) is 9.59 Å². The molecule has 4 heterocycles. The monoisotopic (exact) mass is 335 g/mol. The highest BCUT2D eigenvalue weighted by Gasteiger charge is 2.67. The maximum atomic E-state index is 13.0. The third-order valence-electron chi connectivity index (χ3n) is 5.64. The Hall–Kier alpha value is -1.40. The van der Waals surface area contributed by atoms with E-state index in [-0.39, 0.29) is 24.1 Å². The Kier molecular flexibility index (Phi) is 4.12. The molecule has 6 heteroatoms. The van der Waals surface area contributed by atoms with Crippen molar-refractivity contribution in [1.82, 2.24) is 4.90 Å². The standard InChI is InChI=1S/C18H25NO5/c1-2-3-8-23-17(21)14-13-6-7-18(24-13)11-19(16(20)15(14)18)10-12-5-4-9-22-12/h6-7,12-15H,2-5,8-11H2,1H3/t12-,13+,14+,15+,18-/m1/s1. The molecule has 0 saturated carbocycles. The van der Waals surface area contributed by atoms with Gasteiger partial charge in [-0.1, -0.05) is 25.5 Å². The lowest BCUT2D eigenvalue weighted by atomic mass is 9.77. The average molecular weight is 335 g/mol. The van der Waals surface area contributed by atoms with Crippen molar-refractivity contribution in [1.29, 1.82) is 0 Å². The first kappa shape index (κ1) is 16.1. The number of unbranched alkanes of at least 4 members (excludes halogenated alkanes) is 1. The largest absolute Gasteiger partial charge is 0.465 e. The van der Waals surface area contributed by atoms with E-state index in [0.29, 0.717) is 19.7 Å². The summed E-state index contributed by atoms with van der Waals surface area (Å²) in [6.07, 6.45) is 7.54. The summed E-state index contributed by atoms with van der Waals surface area (Å²) in [5.41, 5.74) is -0.644. The molecule has 5 atom stereocenters. The molecular weight excluding hydrogens is 310 g/mol. The van der Waals surface area contributed by atoms with Crippen molar-refractivity contribution < 1.29 is 23.8 Å². The fraction of sp³-hybridized carbons (Fsp3) is 0.778. The lowest BCUT2D eigenvalue weighted by Crippen LogP contribution is -2.40. The molecule has 24 heavy (non-hydrogen) atoms. The fourth-order valence-corrected chi connectivity index (χ4v) is 4.45. The van der Waals surface area contributed by atoms with E-state index >= 15 is 0 Å². The first-order chi connectivity index (χ1) is 11.6. The molecule has 0 aromatic heterocycles. The summed E-state index contributed by atoms with van der Waals surface area (Å²) < 4.78 is 17.1. The highest BCUT2D eigenvalue weighted by atomic mass is 16.6. The number of hydrogen-bond acceptors (Lipinski definition) is 5. The molecule has 3 saturated heterocycles. The molecule has 3 fully saturated rings. The van der Waals surface area contributed by atoms with Crippen molar-refractivity contribution >= 4 is 11.9 Å². The first-order valence-electron chi connectivity index (χ1n) is 9.09. The van der Waals surface area contributed by atoms with Crippen molar-refractivity contribution in [2.75, 3.05) is 26.3 Å². The number of ether oxygens (including phenoxy) is 3. The maximum absolute atomic E-state index is 13.0. The fourth-order valence-electron chi connectivity index (χ4n) is 4.45. The van der Waals surface area contributed by atoms with Gasteiger partial charge in [-0.2, -0.15) is 0 Å². The molecule has 0 N–H and O–H groups in total. The van der Waals surface area contributed by atoms with Gasteiger partial charge in [0, 0.05) is 13.2 Å². The van der Waals surface area contributed by atoms with Crippen molar-refractivity contribution in [2.45, 2.75) is 50.4 Å². The Morgan fingerprint density at radius 3 is 3.12 bits per heavy atom. The number of fused-ring (bicyclic) bond motifs is 1. The van der Waals surface area contributed by atoms with Gasteiger partial charge in [0.15, 0.2) is 0 Å². The SMILES string of the molecule is CCCCOC(=O)[C@H]1[C@@H]2C=C[C@]3(CN(C[C@H]4CCCO4)C(=O)[C@H]13)O2. The normalized spacial score (nSPS) is 39.7. The van der Waals surface area contributed by atoms with E-state index in [1.54, 1.807) is 0 Å². The van der Waals surface area contributed by atoms with E-state index < -0.39 is 17.4 Å². The van der Waals surface area contributed by atoms with Crippen LogP contribution in [0.1, 0.15) is 32.6 Å². The van der Waals surface area contributed by atoms with Crippen LogP contribution in [0.5, 0.6) is 0 Å². The lowest BCUT2D eigenvalue weighted by Gasteiger charge is -2.23. The number of likely N-dealkylation sites (tertiary alicyclic amines) is 1. The summed E-state index contributed by atoms with van der Waals surface area (Å²) in [7, 11) is 0. The van der Waals surface area contributed by atoms with Crippen LogP contribution < -0.4 is 0 Å². The van der Waals surface area contributed by atoms with Crippen LogP contribution in [-0.2, 0) is 23.8 Å². The predicted molar refractivity (Wildman–Crippen MR) is 85.1 cm³/mol. The smallest absolute Gasteiger partial charge is 0.312 e. The van der Waals surface area contributed by atoms with Gasteiger partial charge in [-0.25, -0.2) is 0 Å². The molecule has 4 rings (SSSR count). The number of carbonyl (C=O) groups excluding carboxylic acids is 2. The molecule has 4 aliphatic heterocycles. The molecular formula is C18H25NO5. The van der Waals surface area contributed by atoms with E-state index in [1.165, 1.54) is 0 Å². The van der Waals surface area contributed by atoms with Gasteiger partial charge in [-0.15, -0.1) is 0 Å². The van der Waals surface area contributed by atoms with Crippen molar-refractivity contribution in [2.24, 2.45) is 11.8 Å². The Bertz CT molecular complexity index is 556. The summed E-state index contributed by atoms with van der Waals surface area (Å²) in [6.45, 7) is 4.34. The molecule has 0 radical (unpaired) electrons. The maximum Gasteiger partial charge on any atom is 0.312 e. The van der Waals surface area contributed by atoms with Gasteiger partial charge in [0.25, 0.3) is 0 Å². The predicted octanol–water partition coefficient (Wildman–Crippen LogP) is 1.29. The summed E-state index contributed by atoms with van der Waals surface area (Å²) >= 11 is 0. The third-order valence-corrected chi connectivity index (χ3v) is 5.64. The van der Waals surface area contributed by atoms with Crippen LogP contribution in [-0.4, -0.2) is 60.9 Å². The van der Waals surface area contributed by atoms with Crippen LogP contribution in [0.25, 0.3) is 0 Å². The van der Waals surface area contributed by atoms with Gasteiger partial charge in [-0.05, 0) is 19.3 Å². The first-order valence-corrected chi connectivity index (χ1v) is 9.09. The molecule has 2 bridgehead atoms. The van der Waals surface area contributed by atoms with Gasteiger partial charge < -0.3 is 19.1 Å². The summed E-state index contributed by atoms with van der Waals surface area (Å²) in [5.74, 6) is -1.23. The Morgan fingerprint density at radius 1 is 1.50 bits per heavy atom. The van der Waals surface area contributed by atoms with Gasteiger partial charge >= 0.3 is 5.97 Å². The molecule has 0 aromatic carbocycles. The Balaban J connectivity index is 1.48. The molecule has 0 unspecified atom stereocenters.